The van der Waals surface area contributed by atoms with Crippen LogP contribution in [0.4, 0.5) is 0 Å². The molecule has 2 rings (SSSR count). The van der Waals surface area contributed by atoms with Crippen LogP contribution in [-0.4, -0.2) is 29.7 Å². The Bertz CT molecular complexity index is 420. The van der Waals surface area contributed by atoms with Crippen molar-refractivity contribution in [3.63, 3.8) is 0 Å². The molecule has 1 aliphatic heterocycles. The summed E-state index contributed by atoms with van der Waals surface area (Å²) in [5, 5.41) is 4.14. The Morgan fingerprint density at radius 3 is 3.00 bits per heavy atom. The highest BCUT2D eigenvalue weighted by Gasteiger charge is 2.16. The maximum atomic E-state index is 5.73. The predicted octanol–water partition coefficient (Wildman–Crippen LogP) is 2.41. The van der Waals surface area contributed by atoms with Crippen molar-refractivity contribution in [3.8, 4) is 5.75 Å². The molecule has 0 amide bonds. The molecule has 1 aliphatic rings. The highest BCUT2D eigenvalue weighted by atomic mass is 32.1. The van der Waals surface area contributed by atoms with Crippen LogP contribution in [0, 0.1) is 5.92 Å². The molecule has 3 nitrogen and oxygen atoms in total. The highest BCUT2D eigenvalue weighted by Crippen LogP contribution is 2.22. The number of fused-ring (bicyclic) bond motifs is 1. The Morgan fingerprint density at radius 2 is 2.22 bits per heavy atom. The van der Waals surface area contributed by atoms with E-state index in [9.17, 15) is 0 Å². The molecule has 0 spiro atoms. The van der Waals surface area contributed by atoms with Crippen molar-refractivity contribution in [2.45, 2.75) is 20.4 Å². The fourth-order valence-electron chi connectivity index (χ4n) is 1.90. The summed E-state index contributed by atoms with van der Waals surface area (Å²) >= 11 is 5.44. The standard InChI is InChI=1S/C14H20N2OS/c1-11(2)9-15-14(18)16-7-8-17-13-6-4-3-5-12(13)10-16/h3-6,11H,7-10H2,1-2H3,(H,15,18). The van der Waals surface area contributed by atoms with Gasteiger partial charge in [-0.2, -0.15) is 0 Å². The summed E-state index contributed by atoms with van der Waals surface area (Å²) in [6.45, 7) is 7.60. The molecule has 0 radical (unpaired) electrons. The van der Waals surface area contributed by atoms with Crippen LogP contribution in [-0.2, 0) is 6.54 Å². The molecule has 0 saturated carbocycles. The zero-order chi connectivity index (χ0) is 13.0. The molecule has 18 heavy (non-hydrogen) atoms. The number of para-hydroxylation sites is 1. The zero-order valence-corrected chi connectivity index (χ0v) is 11.8. The van der Waals surface area contributed by atoms with Crippen molar-refractivity contribution in [1.82, 2.24) is 10.2 Å². The Morgan fingerprint density at radius 1 is 1.44 bits per heavy atom. The van der Waals surface area contributed by atoms with Gasteiger partial charge in [0.25, 0.3) is 0 Å². The number of benzene rings is 1. The maximum absolute atomic E-state index is 5.73. The number of hydrogen-bond acceptors (Lipinski definition) is 2. The average molecular weight is 264 g/mol. The van der Waals surface area contributed by atoms with Crippen LogP contribution in [0.2, 0.25) is 0 Å². The van der Waals surface area contributed by atoms with Gasteiger partial charge in [-0.25, -0.2) is 0 Å². The van der Waals surface area contributed by atoms with Crippen LogP contribution in [0.25, 0.3) is 0 Å². The van der Waals surface area contributed by atoms with Crippen molar-refractivity contribution in [2.24, 2.45) is 5.92 Å². The number of nitrogens with one attached hydrogen (secondary N) is 1. The monoisotopic (exact) mass is 264 g/mol. The van der Waals surface area contributed by atoms with E-state index in [2.05, 4.69) is 30.1 Å². The third kappa shape index (κ3) is 3.35. The lowest BCUT2D eigenvalue weighted by atomic mass is 10.2. The summed E-state index contributed by atoms with van der Waals surface area (Å²) in [6, 6.07) is 8.16. The summed E-state index contributed by atoms with van der Waals surface area (Å²) in [5.41, 5.74) is 1.20. The van der Waals surface area contributed by atoms with Crippen LogP contribution in [0.5, 0.6) is 5.75 Å². The van der Waals surface area contributed by atoms with E-state index in [-0.39, 0.29) is 0 Å². The van der Waals surface area contributed by atoms with Gasteiger partial charge in [0.15, 0.2) is 5.11 Å². The first-order valence-electron chi connectivity index (χ1n) is 6.40. The van der Waals surface area contributed by atoms with Crippen LogP contribution in [0.3, 0.4) is 0 Å². The van der Waals surface area contributed by atoms with Gasteiger partial charge in [0.2, 0.25) is 0 Å². The molecule has 1 aromatic rings. The number of hydrogen-bond donors (Lipinski definition) is 1. The Kier molecular flexibility index (Phi) is 4.42. The molecule has 1 heterocycles. The second-order valence-corrected chi connectivity index (χ2v) is 5.34. The van der Waals surface area contributed by atoms with E-state index in [1.807, 2.05) is 18.2 Å². The summed E-state index contributed by atoms with van der Waals surface area (Å²) in [6.07, 6.45) is 0. The normalized spacial score (nSPS) is 14.7. The van der Waals surface area contributed by atoms with Gasteiger partial charge in [0.05, 0.1) is 6.54 Å². The SMILES string of the molecule is CC(C)CNC(=S)N1CCOc2ccccc2C1. The molecule has 0 atom stereocenters. The molecule has 1 aromatic carbocycles. The highest BCUT2D eigenvalue weighted by molar-refractivity contribution is 7.80. The number of thiocarbonyl (C=S) groups is 1. The molecule has 0 unspecified atom stereocenters. The van der Waals surface area contributed by atoms with Crippen molar-refractivity contribution in [1.29, 1.82) is 0 Å². The summed E-state index contributed by atoms with van der Waals surface area (Å²) in [4.78, 5) is 2.17. The van der Waals surface area contributed by atoms with E-state index < -0.39 is 0 Å². The minimum Gasteiger partial charge on any atom is -0.491 e. The van der Waals surface area contributed by atoms with Gasteiger partial charge in [-0.1, -0.05) is 32.0 Å². The molecule has 1 N–H and O–H groups in total. The molecule has 0 aromatic heterocycles. The molecular formula is C14H20N2OS. The van der Waals surface area contributed by atoms with Crippen molar-refractivity contribution < 1.29 is 4.74 Å². The Hall–Kier alpha value is -1.29. The van der Waals surface area contributed by atoms with E-state index in [1.54, 1.807) is 0 Å². The maximum Gasteiger partial charge on any atom is 0.169 e. The fraction of sp³-hybridized carbons (Fsp3) is 0.500. The van der Waals surface area contributed by atoms with Crippen molar-refractivity contribution >= 4 is 17.3 Å². The third-order valence-corrected chi connectivity index (χ3v) is 3.30. The van der Waals surface area contributed by atoms with Gasteiger partial charge >= 0.3 is 0 Å². The van der Waals surface area contributed by atoms with E-state index in [0.717, 1.165) is 30.5 Å². The lowest BCUT2D eigenvalue weighted by molar-refractivity contribution is 0.288. The first-order chi connectivity index (χ1) is 8.66. The summed E-state index contributed by atoms with van der Waals surface area (Å²) in [5.74, 6) is 1.57. The summed E-state index contributed by atoms with van der Waals surface area (Å²) in [7, 11) is 0. The van der Waals surface area contributed by atoms with Crippen molar-refractivity contribution in [2.75, 3.05) is 19.7 Å². The Balaban J connectivity index is 2.01. The molecule has 98 valence electrons. The molecule has 0 saturated heterocycles. The fourth-order valence-corrected chi connectivity index (χ4v) is 2.14. The van der Waals surface area contributed by atoms with Gasteiger partial charge in [-0.3, -0.25) is 0 Å². The number of ether oxygens (including phenoxy) is 1. The topological polar surface area (TPSA) is 24.5 Å². The van der Waals surface area contributed by atoms with E-state index in [0.29, 0.717) is 12.5 Å². The van der Waals surface area contributed by atoms with Crippen LogP contribution < -0.4 is 10.1 Å². The van der Waals surface area contributed by atoms with Crippen LogP contribution in [0.1, 0.15) is 19.4 Å². The molecule has 0 bridgehead atoms. The summed E-state index contributed by atoms with van der Waals surface area (Å²) < 4.78 is 5.73. The van der Waals surface area contributed by atoms with Gasteiger partial charge in [0.1, 0.15) is 12.4 Å². The minimum absolute atomic E-state index is 0.596. The van der Waals surface area contributed by atoms with Crippen LogP contribution >= 0.6 is 12.2 Å². The number of rotatable bonds is 2. The van der Waals surface area contributed by atoms with Crippen molar-refractivity contribution in [3.05, 3.63) is 29.8 Å². The third-order valence-electron chi connectivity index (χ3n) is 2.90. The first-order valence-corrected chi connectivity index (χ1v) is 6.81. The van der Waals surface area contributed by atoms with E-state index >= 15 is 0 Å². The van der Waals surface area contributed by atoms with E-state index in [4.69, 9.17) is 17.0 Å². The average Bonchev–Trinajstić information content (AvgIpc) is 2.57. The zero-order valence-electron chi connectivity index (χ0n) is 11.0. The van der Waals surface area contributed by atoms with Crippen LogP contribution in [0.15, 0.2) is 24.3 Å². The smallest absolute Gasteiger partial charge is 0.169 e. The van der Waals surface area contributed by atoms with Gasteiger partial charge < -0.3 is 15.0 Å². The number of nitrogens with zero attached hydrogens (tertiary/aromatic N) is 1. The lowest BCUT2D eigenvalue weighted by Crippen LogP contribution is -2.41. The van der Waals surface area contributed by atoms with Gasteiger partial charge in [-0.15, -0.1) is 0 Å². The van der Waals surface area contributed by atoms with Gasteiger partial charge in [-0.05, 0) is 24.2 Å². The molecule has 4 heteroatoms. The quantitative estimate of drug-likeness (QED) is 0.829. The Labute approximate surface area is 114 Å². The first kappa shape index (κ1) is 13.1. The molecule has 0 fully saturated rings. The largest absolute Gasteiger partial charge is 0.491 e. The van der Waals surface area contributed by atoms with Gasteiger partial charge in [0, 0.05) is 18.7 Å². The van der Waals surface area contributed by atoms with E-state index in [1.165, 1.54) is 5.56 Å². The lowest BCUT2D eigenvalue weighted by Gasteiger charge is -2.24. The second kappa shape index (κ2) is 6.05. The second-order valence-electron chi connectivity index (χ2n) is 4.96. The predicted molar refractivity (Wildman–Crippen MR) is 77.8 cm³/mol. The molecular weight excluding hydrogens is 244 g/mol. The minimum atomic E-state index is 0.596. The molecule has 0 aliphatic carbocycles.